The molecule has 0 unspecified atom stereocenters. The molecule has 0 atom stereocenters. The molecule has 0 spiro atoms. The molecular formula is C19H23ClN2O5. The molecule has 0 saturated carbocycles. The minimum Gasteiger partial charge on any atom is -0.493 e. The summed E-state index contributed by atoms with van der Waals surface area (Å²) in [7, 11) is 4.54. The van der Waals surface area contributed by atoms with E-state index in [1.165, 1.54) is 21.3 Å². The summed E-state index contributed by atoms with van der Waals surface area (Å²) in [6, 6.07) is 8.30. The number of ether oxygens (including phenoxy) is 4. The SMILES string of the molecule is COc1cc(NC(=O)NCCOc2ccc(Cl)cc2C)cc(OC)c1OC. The minimum atomic E-state index is -0.374. The lowest BCUT2D eigenvalue weighted by Crippen LogP contribution is -2.32. The number of benzene rings is 2. The highest BCUT2D eigenvalue weighted by Gasteiger charge is 2.14. The second-order valence-corrected chi connectivity index (χ2v) is 5.99. The third kappa shape index (κ3) is 5.59. The Balaban J connectivity index is 1.88. The molecule has 0 aliphatic carbocycles. The summed E-state index contributed by atoms with van der Waals surface area (Å²) in [6.45, 7) is 2.56. The van der Waals surface area contributed by atoms with Gasteiger partial charge in [0.05, 0.1) is 33.6 Å². The largest absolute Gasteiger partial charge is 0.493 e. The van der Waals surface area contributed by atoms with Crippen molar-refractivity contribution < 1.29 is 23.7 Å². The maximum Gasteiger partial charge on any atom is 0.319 e. The molecule has 7 nitrogen and oxygen atoms in total. The second kappa shape index (κ2) is 9.78. The van der Waals surface area contributed by atoms with Crippen LogP contribution in [-0.2, 0) is 0 Å². The molecule has 0 bridgehead atoms. The summed E-state index contributed by atoms with van der Waals surface area (Å²) in [5.74, 6) is 2.09. The summed E-state index contributed by atoms with van der Waals surface area (Å²) in [5, 5.41) is 6.10. The third-order valence-corrected chi connectivity index (χ3v) is 3.94. The summed E-state index contributed by atoms with van der Waals surface area (Å²) in [4.78, 5) is 12.1. The predicted molar refractivity (Wildman–Crippen MR) is 105 cm³/mol. The molecule has 0 heterocycles. The van der Waals surface area contributed by atoms with Gasteiger partial charge >= 0.3 is 6.03 Å². The van der Waals surface area contributed by atoms with Crippen LogP contribution in [0.15, 0.2) is 30.3 Å². The molecule has 2 aromatic rings. The lowest BCUT2D eigenvalue weighted by Gasteiger charge is -2.15. The lowest BCUT2D eigenvalue weighted by atomic mass is 10.2. The number of halogens is 1. The van der Waals surface area contributed by atoms with Gasteiger partial charge < -0.3 is 29.6 Å². The third-order valence-electron chi connectivity index (χ3n) is 3.70. The highest BCUT2D eigenvalue weighted by atomic mass is 35.5. The first-order valence-electron chi connectivity index (χ1n) is 8.22. The number of hydrogen-bond donors (Lipinski definition) is 2. The van der Waals surface area contributed by atoms with Gasteiger partial charge in [0, 0.05) is 17.2 Å². The Morgan fingerprint density at radius 2 is 1.67 bits per heavy atom. The molecule has 0 aromatic heterocycles. The van der Waals surface area contributed by atoms with E-state index in [1.54, 1.807) is 24.3 Å². The van der Waals surface area contributed by atoms with E-state index < -0.39 is 0 Å². The van der Waals surface area contributed by atoms with Crippen molar-refractivity contribution in [2.24, 2.45) is 0 Å². The minimum absolute atomic E-state index is 0.325. The first-order chi connectivity index (χ1) is 13.0. The van der Waals surface area contributed by atoms with Crippen LogP contribution in [0.25, 0.3) is 0 Å². The van der Waals surface area contributed by atoms with Crippen molar-refractivity contribution in [3.8, 4) is 23.0 Å². The number of carbonyl (C=O) groups excluding carboxylic acids is 1. The Hall–Kier alpha value is -2.80. The number of aryl methyl sites for hydroxylation is 1. The fourth-order valence-electron chi connectivity index (χ4n) is 2.43. The molecule has 0 saturated heterocycles. The van der Waals surface area contributed by atoms with Crippen molar-refractivity contribution in [3.63, 3.8) is 0 Å². The topological polar surface area (TPSA) is 78.1 Å². The van der Waals surface area contributed by atoms with Gasteiger partial charge in [-0.2, -0.15) is 0 Å². The Kier molecular flexibility index (Phi) is 7.43. The maximum absolute atomic E-state index is 12.1. The van der Waals surface area contributed by atoms with Crippen LogP contribution in [0.2, 0.25) is 5.02 Å². The van der Waals surface area contributed by atoms with Crippen molar-refractivity contribution in [1.29, 1.82) is 0 Å². The molecule has 2 amide bonds. The highest BCUT2D eigenvalue weighted by Crippen LogP contribution is 2.39. The maximum atomic E-state index is 12.1. The van der Waals surface area contributed by atoms with E-state index >= 15 is 0 Å². The van der Waals surface area contributed by atoms with E-state index in [0.29, 0.717) is 41.1 Å². The normalized spacial score (nSPS) is 10.1. The summed E-state index contributed by atoms with van der Waals surface area (Å²) >= 11 is 5.91. The number of hydrogen-bond acceptors (Lipinski definition) is 5. The van der Waals surface area contributed by atoms with Crippen LogP contribution in [-0.4, -0.2) is 40.5 Å². The van der Waals surface area contributed by atoms with Gasteiger partial charge in [0.15, 0.2) is 11.5 Å². The zero-order valence-corrected chi connectivity index (χ0v) is 16.5. The van der Waals surface area contributed by atoms with E-state index in [0.717, 1.165) is 11.3 Å². The predicted octanol–water partition coefficient (Wildman–Crippen LogP) is 3.87. The van der Waals surface area contributed by atoms with Crippen LogP contribution >= 0.6 is 11.6 Å². The smallest absolute Gasteiger partial charge is 0.319 e. The molecule has 8 heteroatoms. The van der Waals surface area contributed by atoms with Gasteiger partial charge in [-0.25, -0.2) is 4.79 Å². The van der Waals surface area contributed by atoms with E-state index in [4.69, 9.17) is 30.5 Å². The summed E-state index contributed by atoms with van der Waals surface area (Å²) < 4.78 is 21.4. The van der Waals surface area contributed by atoms with Crippen LogP contribution in [0.4, 0.5) is 10.5 Å². The first kappa shape index (κ1) is 20.5. The Labute approximate surface area is 163 Å². The van der Waals surface area contributed by atoms with E-state index in [1.807, 2.05) is 13.0 Å². The molecule has 2 rings (SSSR count). The average molecular weight is 395 g/mol. The van der Waals surface area contributed by atoms with Gasteiger partial charge in [-0.3, -0.25) is 0 Å². The zero-order valence-electron chi connectivity index (χ0n) is 15.7. The van der Waals surface area contributed by atoms with Crippen molar-refractivity contribution in [2.45, 2.75) is 6.92 Å². The van der Waals surface area contributed by atoms with Crippen molar-refractivity contribution in [1.82, 2.24) is 5.32 Å². The number of carbonyl (C=O) groups is 1. The molecule has 0 fully saturated rings. The molecular weight excluding hydrogens is 372 g/mol. The van der Waals surface area contributed by atoms with E-state index in [2.05, 4.69) is 10.6 Å². The first-order valence-corrected chi connectivity index (χ1v) is 8.60. The van der Waals surface area contributed by atoms with Crippen LogP contribution in [0, 0.1) is 6.92 Å². The van der Waals surface area contributed by atoms with E-state index in [-0.39, 0.29) is 6.03 Å². The number of methoxy groups -OCH3 is 3. The highest BCUT2D eigenvalue weighted by molar-refractivity contribution is 6.30. The Morgan fingerprint density at radius 1 is 1.00 bits per heavy atom. The van der Waals surface area contributed by atoms with Crippen LogP contribution < -0.4 is 29.6 Å². The Morgan fingerprint density at radius 3 is 2.22 bits per heavy atom. The van der Waals surface area contributed by atoms with Gasteiger partial charge in [0.2, 0.25) is 5.75 Å². The van der Waals surface area contributed by atoms with Gasteiger partial charge in [-0.1, -0.05) is 11.6 Å². The average Bonchev–Trinajstić information content (AvgIpc) is 2.65. The van der Waals surface area contributed by atoms with Crippen molar-refractivity contribution >= 4 is 23.3 Å². The number of amides is 2. The van der Waals surface area contributed by atoms with Crippen LogP contribution in [0.1, 0.15) is 5.56 Å². The number of nitrogens with one attached hydrogen (secondary N) is 2. The molecule has 2 aromatic carbocycles. The van der Waals surface area contributed by atoms with Crippen molar-refractivity contribution in [2.75, 3.05) is 39.8 Å². The number of urea groups is 1. The zero-order chi connectivity index (χ0) is 19.8. The number of anilines is 1. The lowest BCUT2D eigenvalue weighted by molar-refractivity contribution is 0.247. The van der Waals surface area contributed by atoms with Crippen LogP contribution in [0.5, 0.6) is 23.0 Å². The molecule has 0 radical (unpaired) electrons. The van der Waals surface area contributed by atoms with Gasteiger partial charge in [-0.15, -0.1) is 0 Å². The molecule has 146 valence electrons. The van der Waals surface area contributed by atoms with Gasteiger partial charge in [-0.05, 0) is 30.7 Å². The molecule has 0 aliphatic heterocycles. The fourth-order valence-corrected chi connectivity index (χ4v) is 2.66. The van der Waals surface area contributed by atoms with Crippen molar-refractivity contribution in [3.05, 3.63) is 40.9 Å². The van der Waals surface area contributed by atoms with E-state index in [9.17, 15) is 4.79 Å². The van der Waals surface area contributed by atoms with Gasteiger partial charge in [0.25, 0.3) is 0 Å². The Bertz CT molecular complexity index is 773. The monoisotopic (exact) mass is 394 g/mol. The molecule has 27 heavy (non-hydrogen) atoms. The van der Waals surface area contributed by atoms with Crippen LogP contribution in [0.3, 0.4) is 0 Å². The summed E-state index contributed by atoms with van der Waals surface area (Å²) in [5.41, 5.74) is 1.45. The standard InChI is InChI=1S/C19H23ClN2O5/c1-12-9-13(20)5-6-15(12)27-8-7-21-19(23)22-14-10-16(24-2)18(26-4)17(11-14)25-3/h5-6,9-11H,7-8H2,1-4H3,(H2,21,22,23). The quantitative estimate of drug-likeness (QED) is 0.664. The molecule has 0 aliphatic rings. The fraction of sp³-hybridized carbons (Fsp3) is 0.316. The van der Waals surface area contributed by atoms with Gasteiger partial charge in [0.1, 0.15) is 12.4 Å². The second-order valence-electron chi connectivity index (χ2n) is 5.55. The molecule has 2 N–H and O–H groups in total. The summed E-state index contributed by atoms with van der Waals surface area (Å²) in [6.07, 6.45) is 0. The number of rotatable bonds is 8.